The lowest BCUT2D eigenvalue weighted by atomic mass is 9.66. The molecule has 20 heavy (non-hydrogen) atoms. The maximum absolute atomic E-state index is 11.6. The SMILES string of the molecule is CN(C)CCCCNC(=O)NCC1(CC(=O)O)CCC1. The first-order chi connectivity index (χ1) is 9.43. The molecule has 6 nitrogen and oxygen atoms in total. The van der Waals surface area contributed by atoms with Gasteiger partial charge in [0.25, 0.3) is 0 Å². The first kappa shape index (κ1) is 16.8. The van der Waals surface area contributed by atoms with Gasteiger partial charge in [-0.1, -0.05) is 6.42 Å². The van der Waals surface area contributed by atoms with E-state index in [1.807, 2.05) is 14.1 Å². The van der Waals surface area contributed by atoms with E-state index in [0.29, 0.717) is 13.1 Å². The molecule has 3 N–H and O–H groups in total. The molecule has 1 aliphatic rings. The fraction of sp³-hybridized carbons (Fsp3) is 0.857. The fourth-order valence-electron chi connectivity index (χ4n) is 2.50. The Balaban J connectivity index is 2.11. The standard InChI is InChI=1S/C14H27N3O3/c1-17(2)9-4-3-8-15-13(20)16-11-14(6-5-7-14)10-12(18)19/h3-11H2,1-2H3,(H,18,19)(H2,15,16,20). The third-order valence-electron chi connectivity index (χ3n) is 3.88. The lowest BCUT2D eigenvalue weighted by molar-refractivity contribution is -0.141. The Morgan fingerprint density at radius 1 is 1.20 bits per heavy atom. The van der Waals surface area contributed by atoms with Crippen LogP contribution in [0.4, 0.5) is 4.79 Å². The Morgan fingerprint density at radius 3 is 2.40 bits per heavy atom. The molecule has 0 aromatic heterocycles. The number of carboxylic acid groups (broad SMARTS) is 1. The zero-order valence-corrected chi connectivity index (χ0v) is 12.6. The van der Waals surface area contributed by atoms with Crippen molar-refractivity contribution < 1.29 is 14.7 Å². The second-order valence-corrected chi connectivity index (χ2v) is 6.04. The first-order valence-electron chi connectivity index (χ1n) is 7.32. The van der Waals surface area contributed by atoms with E-state index in [0.717, 1.165) is 38.6 Å². The number of nitrogens with zero attached hydrogens (tertiary/aromatic N) is 1. The number of amides is 2. The van der Waals surface area contributed by atoms with E-state index in [1.165, 1.54) is 0 Å². The van der Waals surface area contributed by atoms with Crippen LogP contribution in [0.5, 0.6) is 0 Å². The van der Waals surface area contributed by atoms with Crippen molar-refractivity contribution in [1.82, 2.24) is 15.5 Å². The molecular weight excluding hydrogens is 258 g/mol. The van der Waals surface area contributed by atoms with E-state index >= 15 is 0 Å². The van der Waals surface area contributed by atoms with Crippen LogP contribution in [0.1, 0.15) is 38.5 Å². The van der Waals surface area contributed by atoms with Crippen LogP contribution in [0, 0.1) is 5.41 Å². The van der Waals surface area contributed by atoms with E-state index in [9.17, 15) is 9.59 Å². The molecule has 0 saturated heterocycles. The van der Waals surface area contributed by atoms with Crippen LogP contribution in [0.3, 0.4) is 0 Å². The number of carbonyl (C=O) groups excluding carboxylic acids is 1. The summed E-state index contributed by atoms with van der Waals surface area (Å²) < 4.78 is 0. The van der Waals surface area contributed by atoms with Gasteiger partial charge in [0.05, 0.1) is 6.42 Å². The molecule has 0 heterocycles. The van der Waals surface area contributed by atoms with E-state index in [4.69, 9.17) is 5.11 Å². The first-order valence-corrected chi connectivity index (χ1v) is 7.32. The second kappa shape index (κ2) is 8.09. The van der Waals surface area contributed by atoms with E-state index < -0.39 is 5.97 Å². The number of carboxylic acids is 1. The smallest absolute Gasteiger partial charge is 0.314 e. The molecule has 116 valence electrons. The Kier molecular flexibility index (Phi) is 6.78. The summed E-state index contributed by atoms with van der Waals surface area (Å²) in [5, 5.41) is 14.5. The number of hydrogen-bond acceptors (Lipinski definition) is 3. The average Bonchev–Trinajstić information content (AvgIpc) is 2.31. The van der Waals surface area contributed by atoms with Crippen molar-refractivity contribution in [2.24, 2.45) is 5.41 Å². The zero-order valence-electron chi connectivity index (χ0n) is 12.6. The number of carbonyl (C=O) groups is 2. The number of unbranched alkanes of at least 4 members (excludes halogenated alkanes) is 1. The maximum atomic E-state index is 11.6. The molecule has 1 fully saturated rings. The molecule has 1 saturated carbocycles. The van der Waals surface area contributed by atoms with Gasteiger partial charge in [0.2, 0.25) is 0 Å². The molecule has 0 aromatic carbocycles. The van der Waals surface area contributed by atoms with Crippen molar-refractivity contribution in [3.63, 3.8) is 0 Å². The summed E-state index contributed by atoms with van der Waals surface area (Å²) in [6, 6.07) is -0.188. The fourth-order valence-corrected chi connectivity index (χ4v) is 2.50. The summed E-state index contributed by atoms with van der Waals surface area (Å²) in [5.74, 6) is -0.782. The van der Waals surface area contributed by atoms with Crippen molar-refractivity contribution in [2.45, 2.75) is 38.5 Å². The molecule has 0 aromatic rings. The predicted octanol–water partition coefficient (Wildman–Crippen LogP) is 1.27. The van der Waals surface area contributed by atoms with Crippen LogP contribution < -0.4 is 10.6 Å². The van der Waals surface area contributed by atoms with Gasteiger partial charge in [-0.25, -0.2) is 4.79 Å². The molecule has 0 bridgehead atoms. The Morgan fingerprint density at radius 2 is 1.90 bits per heavy atom. The van der Waals surface area contributed by atoms with Crippen LogP contribution in [0.25, 0.3) is 0 Å². The molecular formula is C14H27N3O3. The molecule has 6 heteroatoms. The molecule has 0 aliphatic heterocycles. The Labute approximate surface area is 120 Å². The number of urea groups is 1. The minimum atomic E-state index is -0.782. The van der Waals surface area contributed by atoms with Gasteiger partial charge < -0.3 is 20.6 Å². The van der Waals surface area contributed by atoms with Crippen molar-refractivity contribution in [1.29, 1.82) is 0 Å². The molecule has 0 atom stereocenters. The van der Waals surface area contributed by atoms with Gasteiger partial charge in [-0.2, -0.15) is 0 Å². The van der Waals surface area contributed by atoms with Gasteiger partial charge in [0.1, 0.15) is 0 Å². The number of rotatable bonds is 9. The van der Waals surface area contributed by atoms with Gasteiger partial charge in [-0.3, -0.25) is 4.79 Å². The summed E-state index contributed by atoms with van der Waals surface area (Å²) in [4.78, 5) is 24.6. The topological polar surface area (TPSA) is 81.7 Å². The summed E-state index contributed by atoms with van der Waals surface area (Å²) in [6.45, 7) is 2.14. The molecule has 1 aliphatic carbocycles. The highest BCUT2D eigenvalue weighted by molar-refractivity contribution is 5.74. The van der Waals surface area contributed by atoms with Crippen LogP contribution in [0.2, 0.25) is 0 Å². The second-order valence-electron chi connectivity index (χ2n) is 6.04. The van der Waals surface area contributed by atoms with E-state index in [-0.39, 0.29) is 17.9 Å². The van der Waals surface area contributed by atoms with E-state index in [2.05, 4.69) is 15.5 Å². The maximum Gasteiger partial charge on any atom is 0.314 e. The van der Waals surface area contributed by atoms with Gasteiger partial charge in [0.15, 0.2) is 0 Å². The molecule has 0 radical (unpaired) electrons. The number of nitrogens with one attached hydrogen (secondary N) is 2. The lowest BCUT2D eigenvalue weighted by Crippen LogP contribution is -2.46. The highest BCUT2D eigenvalue weighted by Gasteiger charge is 2.39. The van der Waals surface area contributed by atoms with Gasteiger partial charge in [0, 0.05) is 13.1 Å². The minimum absolute atomic E-state index is 0.149. The summed E-state index contributed by atoms with van der Waals surface area (Å²) >= 11 is 0. The highest BCUT2D eigenvalue weighted by atomic mass is 16.4. The minimum Gasteiger partial charge on any atom is -0.481 e. The number of hydrogen-bond donors (Lipinski definition) is 3. The van der Waals surface area contributed by atoms with Crippen LogP contribution in [-0.2, 0) is 4.79 Å². The van der Waals surface area contributed by atoms with Crippen LogP contribution in [-0.4, -0.2) is 55.7 Å². The van der Waals surface area contributed by atoms with Crippen molar-refractivity contribution in [3.05, 3.63) is 0 Å². The average molecular weight is 285 g/mol. The van der Waals surface area contributed by atoms with E-state index in [1.54, 1.807) is 0 Å². The highest BCUT2D eigenvalue weighted by Crippen LogP contribution is 2.43. The molecule has 0 spiro atoms. The normalized spacial score (nSPS) is 16.6. The third-order valence-corrected chi connectivity index (χ3v) is 3.88. The Bertz CT molecular complexity index is 328. The van der Waals surface area contributed by atoms with Crippen molar-refractivity contribution in [3.8, 4) is 0 Å². The van der Waals surface area contributed by atoms with Gasteiger partial charge in [-0.05, 0) is 51.7 Å². The van der Waals surface area contributed by atoms with Crippen LogP contribution in [0.15, 0.2) is 0 Å². The quantitative estimate of drug-likeness (QED) is 0.557. The lowest BCUT2D eigenvalue weighted by Gasteiger charge is -2.40. The molecule has 1 rings (SSSR count). The molecule has 2 amide bonds. The van der Waals surface area contributed by atoms with Crippen molar-refractivity contribution >= 4 is 12.0 Å². The van der Waals surface area contributed by atoms with Gasteiger partial charge in [-0.15, -0.1) is 0 Å². The van der Waals surface area contributed by atoms with Gasteiger partial charge >= 0.3 is 12.0 Å². The summed E-state index contributed by atoms with van der Waals surface area (Å²) in [6.07, 6.45) is 4.99. The third kappa shape index (κ3) is 6.23. The molecule has 0 unspecified atom stereocenters. The Hall–Kier alpha value is -1.30. The largest absolute Gasteiger partial charge is 0.481 e. The zero-order chi connectivity index (χ0) is 15.0. The van der Waals surface area contributed by atoms with Crippen LogP contribution >= 0.6 is 0 Å². The number of aliphatic carboxylic acids is 1. The summed E-state index contributed by atoms with van der Waals surface area (Å²) in [5.41, 5.74) is -0.214. The summed E-state index contributed by atoms with van der Waals surface area (Å²) in [7, 11) is 4.06. The predicted molar refractivity (Wildman–Crippen MR) is 77.7 cm³/mol. The monoisotopic (exact) mass is 285 g/mol. The van der Waals surface area contributed by atoms with Crippen molar-refractivity contribution in [2.75, 3.05) is 33.7 Å².